The lowest BCUT2D eigenvalue weighted by Crippen LogP contribution is -2.61. The van der Waals surface area contributed by atoms with E-state index in [0.29, 0.717) is 17.9 Å². The molecule has 0 spiro atoms. The molecule has 0 aromatic heterocycles. The molecule has 0 bridgehead atoms. The fraction of sp³-hybridized carbons (Fsp3) is 0.889. The van der Waals surface area contributed by atoms with E-state index in [1.807, 2.05) is 0 Å². The third-order valence-corrected chi connectivity index (χ3v) is 7.99. The summed E-state index contributed by atoms with van der Waals surface area (Å²) < 4.78 is 0. The van der Waals surface area contributed by atoms with Crippen LogP contribution in [0.2, 0.25) is 0 Å². The Labute approximate surface area is 133 Å². The van der Waals surface area contributed by atoms with E-state index >= 15 is 0 Å². The van der Waals surface area contributed by atoms with Crippen LogP contribution in [0.3, 0.4) is 0 Å². The Hall–Kier alpha value is -1.06. The minimum absolute atomic E-state index is 0.247. The first-order valence-corrected chi connectivity index (χ1v) is 9.05. The molecule has 0 radical (unpaired) electrons. The number of amides is 1. The Morgan fingerprint density at radius 3 is 2.68 bits per heavy atom. The van der Waals surface area contributed by atoms with Crippen molar-refractivity contribution in [2.75, 3.05) is 0 Å². The molecule has 122 valence electrons. The monoisotopic (exact) mass is 303 g/mol. The summed E-state index contributed by atoms with van der Waals surface area (Å²) in [5, 5.41) is 7.45. The molecule has 4 fully saturated rings. The van der Waals surface area contributed by atoms with Crippen LogP contribution in [0.1, 0.15) is 65.2 Å². The van der Waals surface area contributed by atoms with Crippen molar-refractivity contribution in [3.63, 3.8) is 0 Å². The lowest BCUT2D eigenvalue weighted by atomic mass is 9.47. The number of hydrogen-bond donors (Lipinski definition) is 2. The first-order chi connectivity index (χ1) is 10.5. The molecule has 0 unspecified atom stereocenters. The molecular weight excluding hydrogens is 274 g/mol. The zero-order valence-corrected chi connectivity index (χ0v) is 13.9. The van der Waals surface area contributed by atoms with Crippen LogP contribution in [0.15, 0.2) is 5.10 Å². The predicted molar refractivity (Wildman–Crippen MR) is 87.2 cm³/mol. The topological polar surface area (TPSA) is 67.5 Å². The molecule has 0 aromatic carbocycles. The van der Waals surface area contributed by atoms with Gasteiger partial charge >= 0.3 is 0 Å². The minimum atomic E-state index is 0.247. The third-order valence-electron chi connectivity index (χ3n) is 7.99. The Morgan fingerprint density at radius 1 is 1.09 bits per heavy atom. The maximum atomic E-state index is 11.8. The van der Waals surface area contributed by atoms with Gasteiger partial charge in [0.05, 0.1) is 0 Å². The summed E-state index contributed by atoms with van der Waals surface area (Å²) in [7, 11) is 0. The number of piperidine rings is 1. The highest BCUT2D eigenvalue weighted by molar-refractivity contribution is 5.92. The number of hydrazone groups is 1. The highest BCUT2D eigenvalue weighted by Gasteiger charge is 2.59. The van der Waals surface area contributed by atoms with Crippen LogP contribution >= 0.6 is 0 Å². The third kappa shape index (κ3) is 1.75. The summed E-state index contributed by atoms with van der Waals surface area (Å²) in [6.07, 6.45) is 9.08. The van der Waals surface area contributed by atoms with Crippen LogP contribution in [0.25, 0.3) is 0 Å². The molecule has 1 aliphatic heterocycles. The highest BCUT2D eigenvalue weighted by atomic mass is 16.1. The summed E-state index contributed by atoms with van der Waals surface area (Å²) in [4.78, 5) is 11.8. The molecule has 3 saturated carbocycles. The Balaban J connectivity index is 1.65. The number of rotatable bonds is 0. The lowest BCUT2D eigenvalue weighted by molar-refractivity contribution is -0.134. The average Bonchev–Trinajstić information content (AvgIpc) is 2.84. The first-order valence-electron chi connectivity index (χ1n) is 9.05. The van der Waals surface area contributed by atoms with Gasteiger partial charge in [-0.3, -0.25) is 4.79 Å². The van der Waals surface area contributed by atoms with Crippen LogP contribution in [0.5, 0.6) is 0 Å². The Bertz CT molecular complexity index is 530. The van der Waals surface area contributed by atoms with Gasteiger partial charge in [0.15, 0.2) is 0 Å². The number of nitrogens with one attached hydrogen (secondary N) is 1. The molecule has 1 heterocycles. The molecule has 3 aliphatic carbocycles. The molecule has 6 atom stereocenters. The molecule has 4 aliphatic rings. The largest absolute Gasteiger partial charge is 0.353 e. The second kappa shape index (κ2) is 4.72. The van der Waals surface area contributed by atoms with Gasteiger partial charge in [0.1, 0.15) is 0 Å². The number of nitrogens with two attached hydrogens (primary N) is 1. The molecule has 4 nitrogen and oxygen atoms in total. The molecule has 1 saturated heterocycles. The van der Waals surface area contributed by atoms with E-state index in [0.717, 1.165) is 37.0 Å². The number of fused-ring (bicyclic) bond motifs is 5. The summed E-state index contributed by atoms with van der Waals surface area (Å²) >= 11 is 0. The molecule has 4 heteroatoms. The minimum Gasteiger partial charge on any atom is -0.353 e. The van der Waals surface area contributed by atoms with Gasteiger partial charge in [-0.1, -0.05) is 13.8 Å². The van der Waals surface area contributed by atoms with Crippen molar-refractivity contribution in [2.24, 2.45) is 39.5 Å². The number of carbonyl (C=O) groups excluding carboxylic acids is 1. The maximum Gasteiger partial charge on any atom is 0.220 e. The Morgan fingerprint density at radius 2 is 1.91 bits per heavy atom. The van der Waals surface area contributed by atoms with Crippen molar-refractivity contribution in [3.05, 3.63) is 0 Å². The van der Waals surface area contributed by atoms with Gasteiger partial charge in [0.25, 0.3) is 0 Å². The van der Waals surface area contributed by atoms with E-state index in [1.165, 1.54) is 31.4 Å². The van der Waals surface area contributed by atoms with Crippen LogP contribution in [0, 0.1) is 28.6 Å². The van der Waals surface area contributed by atoms with E-state index in [4.69, 9.17) is 5.84 Å². The smallest absolute Gasteiger partial charge is 0.220 e. The van der Waals surface area contributed by atoms with E-state index in [9.17, 15) is 4.79 Å². The van der Waals surface area contributed by atoms with E-state index in [-0.39, 0.29) is 11.3 Å². The normalized spacial score (nSPS) is 52.6. The standard InChI is InChI=1S/C18H29N3O/c1-17-10-8-16(22)20-14(17)5-3-11-12-4-6-15(21-19)18(12,2)9-7-13(11)17/h11-14H,3-10,19H2,1-2H3,(H,20,22)/b21-15+/t11-,12-,13-,14+,17+,18-/m0/s1. The fourth-order valence-corrected chi connectivity index (χ4v) is 6.70. The van der Waals surface area contributed by atoms with E-state index in [1.54, 1.807) is 0 Å². The average molecular weight is 303 g/mol. The fourth-order valence-electron chi connectivity index (χ4n) is 6.70. The molecule has 1 amide bonds. The number of hydrogen-bond acceptors (Lipinski definition) is 3. The van der Waals surface area contributed by atoms with Crippen molar-refractivity contribution in [1.29, 1.82) is 0 Å². The summed E-state index contributed by atoms with van der Waals surface area (Å²) in [6.45, 7) is 4.85. The summed E-state index contributed by atoms with van der Waals surface area (Å²) in [5.41, 5.74) is 1.82. The van der Waals surface area contributed by atoms with Gasteiger partial charge in [-0.15, -0.1) is 0 Å². The SMILES string of the molecule is C[C@]12CCC(=O)N[C@@H]1CC[C@@H]1[C@@H]2CC[C@]2(C)/C(=N/N)CC[C@@H]12. The van der Waals surface area contributed by atoms with Crippen molar-refractivity contribution >= 4 is 11.6 Å². The molecule has 0 aromatic rings. The van der Waals surface area contributed by atoms with Crippen molar-refractivity contribution < 1.29 is 4.79 Å². The van der Waals surface area contributed by atoms with Gasteiger partial charge in [-0.05, 0) is 68.1 Å². The predicted octanol–water partition coefficient (Wildman–Crippen LogP) is 2.82. The summed E-state index contributed by atoms with van der Waals surface area (Å²) in [5.74, 6) is 8.27. The first kappa shape index (κ1) is 14.5. The van der Waals surface area contributed by atoms with Crippen molar-refractivity contribution in [1.82, 2.24) is 5.32 Å². The van der Waals surface area contributed by atoms with Gasteiger partial charge in [0.2, 0.25) is 5.91 Å². The summed E-state index contributed by atoms with van der Waals surface area (Å²) in [6, 6.07) is 0.406. The van der Waals surface area contributed by atoms with Gasteiger partial charge in [-0.25, -0.2) is 0 Å². The second-order valence-electron chi connectivity index (χ2n) is 8.65. The Kier molecular flexibility index (Phi) is 3.11. The van der Waals surface area contributed by atoms with Crippen LogP contribution in [-0.4, -0.2) is 17.7 Å². The van der Waals surface area contributed by atoms with Crippen LogP contribution < -0.4 is 11.2 Å². The second-order valence-corrected chi connectivity index (χ2v) is 8.65. The van der Waals surface area contributed by atoms with Crippen molar-refractivity contribution in [3.8, 4) is 0 Å². The number of nitrogens with zero attached hydrogens (tertiary/aromatic N) is 1. The van der Waals surface area contributed by atoms with Gasteiger partial charge in [0, 0.05) is 23.6 Å². The highest BCUT2D eigenvalue weighted by Crippen LogP contribution is 2.63. The molecule has 22 heavy (non-hydrogen) atoms. The molecule has 4 rings (SSSR count). The maximum absolute atomic E-state index is 11.8. The molecular formula is C18H29N3O. The quantitative estimate of drug-likeness (QED) is 0.534. The van der Waals surface area contributed by atoms with Gasteiger partial charge < -0.3 is 11.2 Å². The van der Waals surface area contributed by atoms with Crippen LogP contribution in [-0.2, 0) is 4.79 Å². The van der Waals surface area contributed by atoms with Crippen molar-refractivity contribution in [2.45, 2.75) is 71.3 Å². The van der Waals surface area contributed by atoms with E-state index < -0.39 is 0 Å². The van der Waals surface area contributed by atoms with Crippen LogP contribution in [0.4, 0.5) is 0 Å². The molecule has 3 N–H and O–H groups in total. The van der Waals surface area contributed by atoms with E-state index in [2.05, 4.69) is 24.3 Å². The van der Waals surface area contributed by atoms with Gasteiger partial charge in [-0.2, -0.15) is 5.10 Å². The zero-order chi connectivity index (χ0) is 15.5. The zero-order valence-electron chi connectivity index (χ0n) is 13.9. The lowest BCUT2D eigenvalue weighted by Gasteiger charge is -2.59. The number of carbonyl (C=O) groups is 1.